The van der Waals surface area contributed by atoms with Crippen LogP contribution in [0.15, 0.2) is 35.1 Å². The third-order valence-electron chi connectivity index (χ3n) is 5.37. The Morgan fingerprint density at radius 3 is 2.71 bits per heavy atom. The van der Waals surface area contributed by atoms with Crippen LogP contribution in [0.1, 0.15) is 72.6 Å². The van der Waals surface area contributed by atoms with Crippen molar-refractivity contribution in [3.63, 3.8) is 0 Å². The van der Waals surface area contributed by atoms with Crippen molar-refractivity contribution in [1.82, 2.24) is 4.57 Å². The van der Waals surface area contributed by atoms with E-state index in [1.165, 1.54) is 12.8 Å². The predicted molar refractivity (Wildman–Crippen MR) is 114 cm³/mol. The first kappa shape index (κ1) is 19.9. The molecular weight excluding hydrogens is 348 g/mol. The molecular formula is C24H28N2O2. The van der Waals surface area contributed by atoms with Gasteiger partial charge in [-0.25, -0.2) is 0 Å². The van der Waals surface area contributed by atoms with E-state index in [1.54, 1.807) is 24.3 Å². The van der Waals surface area contributed by atoms with Crippen molar-refractivity contribution in [2.24, 2.45) is 0 Å². The molecule has 4 nitrogen and oxygen atoms in total. The van der Waals surface area contributed by atoms with Gasteiger partial charge in [0.1, 0.15) is 5.56 Å². The summed E-state index contributed by atoms with van der Waals surface area (Å²) in [4.78, 5) is 26.1. The van der Waals surface area contributed by atoms with Crippen LogP contribution >= 0.6 is 0 Å². The zero-order chi connectivity index (χ0) is 19.9. The number of aryl methyl sites for hydroxylation is 1. The number of hydrogen-bond acceptors (Lipinski definition) is 2. The summed E-state index contributed by atoms with van der Waals surface area (Å²) in [5, 5.41) is 2.84. The van der Waals surface area contributed by atoms with Crippen LogP contribution in [0.4, 0.5) is 5.69 Å². The highest BCUT2D eigenvalue weighted by molar-refractivity contribution is 6.04. The number of terminal acetylenes is 1. The zero-order valence-corrected chi connectivity index (χ0v) is 16.6. The van der Waals surface area contributed by atoms with Crippen LogP contribution in [0, 0.1) is 12.3 Å². The van der Waals surface area contributed by atoms with E-state index in [9.17, 15) is 9.59 Å². The molecule has 0 aliphatic heterocycles. The van der Waals surface area contributed by atoms with Gasteiger partial charge in [0, 0.05) is 23.5 Å². The minimum absolute atomic E-state index is 0.182. The summed E-state index contributed by atoms with van der Waals surface area (Å²) in [6.45, 7) is 2.79. The van der Waals surface area contributed by atoms with Gasteiger partial charge in [0.15, 0.2) is 0 Å². The topological polar surface area (TPSA) is 51.1 Å². The van der Waals surface area contributed by atoms with E-state index in [-0.39, 0.29) is 17.0 Å². The molecule has 0 radical (unpaired) electrons. The maximum absolute atomic E-state index is 13.2. The Morgan fingerprint density at radius 1 is 1.18 bits per heavy atom. The molecule has 1 heterocycles. The monoisotopic (exact) mass is 376 g/mol. The van der Waals surface area contributed by atoms with Crippen molar-refractivity contribution in [1.29, 1.82) is 0 Å². The van der Waals surface area contributed by atoms with Gasteiger partial charge in [-0.3, -0.25) is 9.59 Å². The molecule has 4 heteroatoms. The first-order valence-corrected chi connectivity index (χ1v) is 10.3. The molecule has 0 saturated heterocycles. The zero-order valence-electron chi connectivity index (χ0n) is 16.6. The van der Waals surface area contributed by atoms with Crippen LogP contribution in [0.25, 0.3) is 0 Å². The molecule has 1 amide bonds. The molecule has 146 valence electrons. The number of anilines is 1. The van der Waals surface area contributed by atoms with Crippen molar-refractivity contribution in [2.45, 2.75) is 64.8 Å². The van der Waals surface area contributed by atoms with Gasteiger partial charge in [0.25, 0.3) is 11.5 Å². The Balaban J connectivity index is 1.99. The number of unbranched alkanes of at least 4 members (excludes halogenated alkanes) is 1. The second-order valence-corrected chi connectivity index (χ2v) is 7.43. The van der Waals surface area contributed by atoms with Gasteiger partial charge in [0.05, 0.1) is 0 Å². The summed E-state index contributed by atoms with van der Waals surface area (Å²) in [7, 11) is 0. The van der Waals surface area contributed by atoms with Crippen molar-refractivity contribution < 1.29 is 4.79 Å². The van der Waals surface area contributed by atoms with Crippen LogP contribution in [-0.4, -0.2) is 10.5 Å². The number of rotatable bonds is 5. The molecule has 1 aromatic heterocycles. The summed E-state index contributed by atoms with van der Waals surface area (Å²) in [6.07, 6.45) is 13.8. The molecule has 0 atom stereocenters. The molecule has 0 fully saturated rings. The number of carbonyl (C=O) groups is 1. The molecule has 0 saturated carbocycles. The quantitative estimate of drug-likeness (QED) is 0.779. The second-order valence-electron chi connectivity index (χ2n) is 7.43. The van der Waals surface area contributed by atoms with Gasteiger partial charge in [0.2, 0.25) is 0 Å². The van der Waals surface area contributed by atoms with E-state index < -0.39 is 0 Å². The normalized spacial score (nSPS) is 13.7. The molecule has 2 aromatic rings. The van der Waals surface area contributed by atoms with Crippen LogP contribution in [0.2, 0.25) is 0 Å². The largest absolute Gasteiger partial charge is 0.322 e. The Labute approximate surface area is 167 Å². The maximum atomic E-state index is 13.2. The predicted octanol–water partition coefficient (Wildman–Crippen LogP) is 4.54. The van der Waals surface area contributed by atoms with Gasteiger partial charge in [-0.2, -0.15) is 0 Å². The maximum Gasteiger partial charge on any atom is 0.263 e. The lowest BCUT2D eigenvalue weighted by molar-refractivity contribution is 0.102. The minimum atomic E-state index is -0.366. The number of nitrogens with zero attached hydrogens (tertiary/aromatic N) is 1. The van der Waals surface area contributed by atoms with E-state index in [4.69, 9.17) is 6.42 Å². The molecule has 0 unspecified atom stereocenters. The van der Waals surface area contributed by atoms with Crippen molar-refractivity contribution in [3.8, 4) is 12.3 Å². The Hall–Kier alpha value is -2.80. The van der Waals surface area contributed by atoms with E-state index in [0.29, 0.717) is 17.8 Å². The van der Waals surface area contributed by atoms with E-state index in [0.717, 1.165) is 49.8 Å². The number of benzene rings is 1. The lowest BCUT2D eigenvalue weighted by Crippen LogP contribution is -2.33. The average molecular weight is 377 g/mol. The summed E-state index contributed by atoms with van der Waals surface area (Å²) >= 11 is 0. The molecule has 0 spiro atoms. The minimum Gasteiger partial charge on any atom is -0.322 e. The highest BCUT2D eigenvalue weighted by atomic mass is 16.2. The Kier molecular flexibility index (Phi) is 6.71. The van der Waals surface area contributed by atoms with Gasteiger partial charge < -0.3 is 9.88 Å². The number of hydrogen-bond donors (Lipinski definition) is 1. The molecule has 1 aliphatic carbocycles. The highest BCUT2D eigenvalue weighted by Gasteiger charge is 2.20. The summed E-state index contributed by atoms with van der Waals surface area (Å²) in [6, 6.07) is 8.94. The molecule has 28 heavy (non-hydrogen) atoms. The lowest BCUT2D eigenvalue weighted by atomic mass is 9.95. The first-order valence-electron chi connectivity index (χ1n) is 10.3. The summed E-state index contributed by atoms with van der Waals surface area (Å²) in [5.74, 6) is 2.19. The van der Waals surface area contributed by atoms with Gasteiger partial charge >= 0.3 is 0 Å². The van der Waals surface area contributed by atoms with Crippen LogP contribution < -0.4 is 10.9 Å². The van der Waals surface area contributed by atoms with Gasteiger partial charge in [-0.15, -0.1) is 6.42 Å². The fourth-order valence-electron chi connectivity index (χ4n) is 3.83. The number of amides is 1. The number of aromatic nitrogens is 1. The van der Waals surface area contributed by atoms with Crippen molar-refractivity contribution in [3.05, 3.63) is 63.1 Å². The third kappa shape index (κ3) is 4.54. The Morgan fingerprint density at radius 2 is 1.96 bits per heavy atom. The molecule has 0 bridgehead atoms. The smallest absolute Gasteiger partial charge is 0.263 e. The van der Waals surface area contributed by atoms with Crippen LogP contribution in [-0.2, 0) is 19.4 Å². The highest BCUT2D eigenvalue weighted by Crippen LogP contribution is 2.21. The number of nitrogens with one attached hydrogen (secondary N) is 1. The fraction of sp³-hybridized carbons (Fsp3) is 0.417. The first-order chi connectivity index (χ1) is 13.6. The Bertz CT molecular complexity index is 950. The molecule has 1 N–H and O–H groups in total. The van der Waals surface area contributed by atoms with Gasteiger partial charge in [-0.05, 0) is 61.9 Å². The van der Waals surface area contributed by atoms with E-state index in [1.807, 2.05) is 10.6 Å². The number of carbonyl (C=O) groups excluding carboxylic acids is 1. The standard InChI is InChI=1S/C24H28N2O2/c1-3-5-15-26-22-14-9-7-6-8-12-19(22)17-21(24(26)28)23(27)25-20-13-10-11-18(4-2)16-20/h2,10-11,13,16-17H,3,5-9,12,14-15H2,1H3,(H,25,27). The third-order valence-corrected chi connectivity index (χ3v) is 5.37. The molecule has 3 rings (SSSR count). The van der Waals surface area contributed by atoms with E-state index >= 15 is 0 Å². The van der Waals surface area contributed by atoms with Crippen molar-refractivity contribution >= 4 is 11.6 Å². The van der Waals surface area contributed by atoms with E-state index in [2.05, 4.69) is 18.2 Å². The summed E-state index contributed by atoms with van der Waals surface area (Å²) in [5.41, 5.74) is 3.62. The lowest BCUT2D eigenvalue weighted by Gasteiger charge is -2.21. The molecule has 1 aliphatic rings. The summed E-state index contributed by atoms with van der Waals surface area (Å²) < 4.78 is 1.86. The van der Waals surface area contributed by atoms with Gasteiger partial charge in [-0.1, -0.05) is 38.2 Å². The van der Waals surface area contributed by atoms with Crippen LogP contribution in [0.3, 0.4) is 0 Å². The fourth-order valence-corrected chi connectivity index (χ4v) is 3.83. The molecule has 1 aromatic carbocycles. The second kappa shape index (κ2) is 9.41. The average Bonchev–Trinajstić information content (AvgIpc) is 2.68. The number of fused-ring (bicyclic) bond motifs is 1. The number of pyridine rings is 1. The SMILES string of the molecule is C#Cc1cccc(NC(=O)c2cc3c(n(CCCC)c2=O)CCCCCC3)c1. The van der Waals surface area contributed by atoms with Crippen molar-refractivity contribution in [2.75, 3.05) is 5.32 Å². The van der Waals surface area contributed by atoms with Crippen LogP contribution in [0.5, 0.6) is 0 Å².